The first kappa shape index (κ1) is 11.2. The number of carbonyl (C=O) groups excluding carboxylic acids is 1. The number of carbonyl (C=O) groups is 2. The Hall–Kier alpha value is -1.85. The lowest BCUT2D eigenvalue weighted by Crippen LogP contribution is -2.30. The standard InChI is InChI=1S/C9H13N3O3/c1-3-6-4-7(12(2)11-6)9(15)10-5-8(13)14/h4H,3,5H2,1-2H3,(H,10,15)(H,13,14). The van der Waals surface area contributed by atoms with Gasteiger partial charge in [-0.05, 0) is 12.5 Å². The second-order valence-electron chi connectivity index (χ2n) is 3.07. The molecule has 1 rings (SSSR count). The van der Waals surface area contributed by atoms with Crippen molar-refractivity contribution >= 4 is 11.9 Å². The Morgan fingerprint density at radius 3 is 2.73 bits per heavy atom. The number of aromatic nitrogens is 2. The van der Waals surface area contributed by atoms with Crippen molar-refractivity contribution in [1.82, 2.24) is 15.1 Å². The molecule has 1 aromatic heterocycles. The molecule has 0 saturated heterocycles. The van der Waals surface area contributed by atoms with Gasteiger partial charge in [-0.15, -0.1) is 0 Å². The number of hydrogen-bond donors (Lipinski definition) is 2. The van der Waals surface area contributed by atoms with Gasteiger partial charge in [0.2, 0.25) is 0 Å². The molecule has 1 aromatic rings. The minimum absolute atomic E-state index is 0.369. The molecule has 0 aliphatic rings. The number of nitrogens with zero attached hydrogens (tertiary/aromatic N) is 2. The second-order valence-corrected chi connectivity index (χ2v) is 3.07. The molecule has 0 radical (unpaired) electrons. The van der Waals surface area contributed by atoms with Crippen molar-refractivity contribution < 1.29 is 14.7 Å². The number of aliphatic carboxylic acids is 1. The van der Waals surface area contributed by atoms with Crippen LogP contribution in [-0.2, 0) is 18.3 Å². The third-order valence-corrected chi connectivity index (χ3v) is 1.93. The summed E-state index contributed by atoms with van der Waals surface area (Å²) in [6.45, 7) is 1.55. The largest absolute Gasteiger partial charge is 0.480 e. The van der Waals surface area contributed by atoms with E-state index in [9.17, 15) is 9.59 Å². The zero-order chi connectivity index (χ0) is 11.4. The highest BCUT2D eigenvalue weighted by Gasteiger charge is 2.12. The summed E-state index contributed by atoms with van der Waals surface area (Å²) < 4.78 is 1.44. The molecule has 0 fully saturated rings. The summed E-state index contributed by atoms with van der Waals surface area (Å²) in [6, 6.07) is 1.65. The van der Waals surface area contributed by atoms with Crippen LogP contribution < -0.4 is 5.32 Å². The molecule has 0 aliphatic carbocycles. The molecule has 0 aromatic carbocycles. The van der Waals surface area contributed by atoms with Gasteiger partial charge in [0.05, 0.1) is 5.69 Å². The molecule has 0 atom stereocenters. The first-order chi connectivity index (χ1) is 7.04. The third kappa shape index (κ3) is 2.80. The molecule has 82 valence electrons. The van der Waals surface area contributed by atoms with E-state index in [4.69, 9.17) is 5.11 Å². The van der Waals surface area contributed by atoms with E-state index in [1.165, 1.54) is 4.68 Å². The highest BCUT2D eigenvalue weighted by atomic mass is 16.4. The fraction of sp³-hybridized carbons (Fsp3) is 0.444. The van der Waals surface area contributed by atoms with E-state index in [-0.39, 0.29) is 6.54 Å². The number of rotatable bonds is 4. The minimum Gasteiger partial charge on any atom is -0.480 e. The molecular formula is C9H13N3O3. The molecule has 2 N–H and O–H groups in total. The van der Waals surface area contributed by atoms with Gasteiger partial charge in [-0.1, -0.05) is 6.92 Å². The predicted octanol–water partition coefficient (Wildman–Crippen LogP) is -0.203. The lowest BCUT2D eigenvalue weighted by molar-refractivity contribution is -0.135. The molecule has 6 nitrogen and oxygen atoms in total. The number of hydrogen-bond acceptors (Lipinski definition) is 3. The van der Waals surface area contributed by atoms with E-state index in [0.717, 1.165) is 12.1 Å². The number of carboxylic acid groups (broad SMARTS) is 1. The maximum atomic E-state index is 11.5. The number of carboxylic acids is 1. The maximum Gasteiger partial charge on any atom is 0.322 e. The van der Waals surface area contributed by atoms with E-state index in [1.54, 1.807) is 13.1 Å². The molecule has 1 amide bonds. The van der Waals surface area contributed by atoms with Crippen LogP contribution in [0, 0.1) is 0 Å². The van der Waals surface area contributed by atoms with E-state index < -0.39 is 11.9 Å². The summed E-state index contributed by atoms with van der Waals surface area (Å²) in [5.41, 5.74) is 1.17. The normalized spacial score (nSPS) is 10.0. The zero-order valence-electron chi connectivity index (χ0n) is 8.65. The number of nitrogens with one attached hydrogen (secondary N) is 1. The van der Waals surface area contributed by atoms with Crippen LogP contribution in [0.3, 0.4) is 0 Å². The smallest absolute Gasteiger partial charge is 0.322 e. The van der Waals surface area contributed by atoms with E-state index in [2.05, 4.69) is 10.4 Å². The van der Waals surface area contributed by atoms with Gasteiger partial charge in [0.25, 0.3) is 5.91 Å². The SMILES string of the molecule is CCc1cc(C(=O)NCC(=O)O)n(C)n1. The lowest BCUT2D eigenvalue weighted by atomic mass is 10.3. The van der Waals surface area contributed by atoms with Crippen LogP contribution in [0.5, 0.6) is 0 Å². The Balaban J connectivity index is 2.72. The van der Waals surface area contributed by atoms with Crippen molar-refractivity contribution in [3.05, 3.63) is 17.5 Å². The summed E-state index contributed by atoms with van der Waals surface area (Å²) >= 11 is 0. The molecule has 6 heteroatoms. The van der Waals surface area contributed by atoms with Gasteiger partial charge in [0.1, 0.15) is 12.2 Å². The molecule has 0 spiro atoms. The van der Waals surface area contributed by atoms with Crippen molar-refractivity contribution in [3.63, 3.8) is 0 Å². The van der Waals surface area contributed by atoms with Gasteiger partial charge in [-0.25, -0.2) is 0 Å². The molecule has 0 bridgehead atoms. The van der Waals surface area contributed by atoms with Crippen LogP contribution in [0.15, 0.2) is 6.07 Å². The van der Waals surface area contributed by atoms with E-state index in [1.807, 2.05) is 6.92 Å². The predicted molar refractivity (Wildman–Crippen MR) is 52.6 cm³/mol. The van der Waals surface area contributed by atoms with Gasteiger partial charge in [-0.2, -0.15) is 5.10 Å². The number of amides is 1. The quantitative estimate of drug-likeness (QED) is 0.722. The Morgan fingerprint density at radius 2 is 2.27 bits per heavy atom. The summed E-state index contributed by atoms with van der Waals surface area (Å²) in [7, 11) is 1.65. The van der Waals surface area contributed by atoms with Gasteiger partial charge < -0.3 is 10.4 Å². The van der Waals surface area contributed by atoms with Crippen LogP contribution in [0.1, 0.15) is 23.1 Å². The summed E-state index contributed by atoms with van der Waals surface area (Å²) in [5.74, 6) is -1.49. The van der Waals surface area contributed by atoms with Crippen molar-refractivity contribution in [2.45, 2.75) is 13.3 Å². The first-order valence-corrected chi connectivity index (χ1v) is 4.57. The Morgan fingerprint density at radius 1 is 1.60 bits per heavy atom. The van der Waals surface area contributed by atoms with Crippen LogP contribution >= 0.6 is 0 Å². The Labute approximate surface area is 86.9 Å². The van der Waals surface area contributed by atoms with Crippen molar-refractivity contribution in [2.24, 2.45) is 7.05 Å². The van der Waals surface area contributed by atoms with Gasteiger partial charge in [-0.3, -0.25) is 14.3 Å². The zero-order valence-corrected chi connectivity index (χ0v) is 8.65. The van der Waals surface area contributed by atoms with E-state index in [0.29, 0.717) is 5.69 Å². The lowest BCUT2D eigenvalue weighted by Gasteiger charge is -2.01. The summed E-state index contributed by atoms with van der Waals surface area (Å²) in [6.07, 6.45) is 0.736. The molecule has 0 aliphatic heterocycles. The molecular weight excluding hydrogens is 198 g/mol. The molecule has 15 heavy (non-hydrogen) atoms. The second kappa shape index (κ2) is 4.59. The van der Waals surface area contributed by atoms with Crippen LogP contribution in [0.2, 0.25) is 0 Å². The Kier molecular flexibility index (Phi) is 3.43. The van der Waals surface area contributed by atoms with Gasteiger partial charge >= 0.3 is 5.97 Å². The first-order valence-electron chi connectivity index (χ1n) is 4.57. The van der Waals surface area contributed by atoms with Crippen LogP contribution in [0.25, 0.3) is 0 Å². The highest BCUT2D eigenvalue weighted by Crippen LogP contribution is 2.03. The fourth-order valence-corrected chi connectivity index (χ4v) is 1.16. The van der Waals surface area contributed by atoms with E-state index >= 15 is 0 Å². The van der Waals surface area contributed by atoms with Crippen molar-refractivity contribution in [1.29, 1.82) is 0 Å². The maximum absolute atomic E-state index is 11.5. The molecule has 0 saturated carbocycles. The van der Waals surface area contributed by atoms with Crippen molar-refractivity contribution in [3.8, 4) is 0 Å². The topological polar surface area (TPSA) is 84.2 Å². The van der Waals surface area contributed by atoms with Gasteiger partial charge in [0.15, 0.2) is 0 Å². The van der Waals surface area contributed by atoms with Crippen LogP contribution in [-0.4, -0.2) is 33.3 Å². The minimum atomic E-state index is -1.07. The molecule has 0 unspecified atom stereocenters. The number of aryl methyl sites for hydroxylation is 2. The average Bonchev–Trinajstić information content (AvgIpc) is 2.56. The third-order valence-electron chi connectivity index (χ3n) is 1.93. The molecule has 1 heterocycles. The monoisotopic (exact) mass is 211 g/mol. The van der Waals surface area contributed by atoms with Crippen molar-refractivity contribution in [2.75, 3.05) is 6.54 Å². The summed E-state index contributed by atoms with van der Waals surface area (Å²) in [4.78, 5) is 21.7. The average molecular weight is 211 g/mol. The Bertz CT molecular complexity index is 384. The highest BCUT2D eigenvalue weighted by molar-refractivity contribution is 5.94. The fourth-order valence-electron chi connectivity index (χ4n) is 1.16. The van der Waals surface area contributed by atoms with Crippen LogP contribution in [0.4, 0.5) is 0 Å². The van der Waals surface area contributed by atoms with Gasteiger partial charge in [0, 0.05) is 7.05 Å². The summed E-state index contributed by atoms with van der Waals surface area (Å²) in [5, 5.41) is 14.8.